The Morgan fingerprint density at radius 1 is 0.311 bits per heavy atom. The summed E-state index contributed by atoms with van der Waals surface area (Å²) in [5.41, 5.74) is 0. The molecule has 0 radical (unpaired) electrons. The van der Waals surface area contributed by atoms with Crippen LogP contribution in [0.25, 0.3) is 0 Å². The minimum absolute atomic E-state index is 0.0636. The van der Waals surface area contributed by atoms with Crippen LogP contribution in [0.5, 0.6) is 0 Å². The molecule has 6 heteroatoms. The normalized spacial score (nSPS) is 12.0. The molecule has 0 amide bonds. The molecule has 0 spiro atoms. The summed E-state index contributed by atoms with van der Waals surface area (Å²) in [6.07, 6.45) is 49.5. The van der Waals surface area contributed by atoms with Crippen LogP contribution in [0, 0.1) is 11.8 Å². The van der Waals surface area contributed by atoms with Crippen LogP contribution in [0.1, 0.15) is 304 Å². The van der Waals surface area contributed by atoms with E-state index in [9.17, 15) is 14.4 Å². The Hall–Kier alpha value is -1.59. The Labute approximate surface area is 380 Å². The smallest absolute Gasteiger partial charge is 0.306 e. The number of hydrogen-bond acceptors (Lipinski definition) is 6. The zero-order valence-corrected chi connectivity index (χ0v) is 41.8. The van der Waals surface area contributed by atoms with Gasteiger partial charge in [-0.1, -0.05) is 266 Å². The molecule has 61 heavy (non-hydrogen) atoms. The maximum atomic E-state index is 12.8. The average Bonchev–Trinajstić information content (AvgIpc) is 3.23. The third kappa shape index (κ3) is 49.3. The fourth-order valence-corrected chi connectivity index (χ4v) is 8.34. The first-order valence-electron chi connectivity index (χ1n) is 27.2. The molecule has 0 saturated heterocycles. The van der Waals surface area contributed by atoms with E-state index < -0.39 is 6.10 Å². The van der Waals surface area contributed by atoms with Crippen molar-refractivity contribution in [2.45, 2.75) is 310 Å². The third-order valence-corrected chi connectivity index (χ3v) is 12.5. The molecule has 0 N–H and O–H groups in total. The van der Waals surface area contributed by atoms with Gasteiger partial charge in [-0.15, -0.1) is 0 Å². The van der Waals surface area contributed by atoms with Crippen LogP contribution in [0.3, 0.4) is 0 Å². The lowest BCUT2D eigenvalue weighted by Gasteiger charge is -2.18. The van der Waals surface area contributed by atoms with Crippen molar-refractivity contribution in [1.29, 1.82) is 0 Å². The summed E-state index contributed by atoms with van der Waals surface area (Å²) in [5, 5.41) is 0. The highest BCUT2D eigenvalue weighted by molar-refractivity contribution is 5.71. The van der Waals surface area contributed by atoms with Crippen molar-refractivity contribution >= 4 is 17.9 Å². The van der Waals surface area contributed by atoms with E-state index in [4.69, 9.17) is 14.2 Å². The molecule has 0 bridgehead atoms. The Morgan fingerprint density at radius 3 is 0.803 bits per heavy atom. The van der Waals surface area contributed by atoms with Crippen molar-refractivity contribution in [1.82, 2.24) is 0 Å². The van der Waals surface area contributed by atoms with E-state index in [1.54, 1.807) is 0 Å². The topological polar surface area (TPSA) is 78.9 Å². The summed E-state index contributed by atoms with van der Waals surface area (Å²) in [5.74, 6) is 0.790. The Balaban J connectivity index is 4.30. The second-order valence-electron chi connectivity index (χ2n) is 19.8. The zero-order chi connectivity index (χ0) is 44.7. The van der Waals surface area contributed by atoms with Gasteiger partial charge in [-0.2, -0.15) is 0 Å². The van der Waals surface area contributed by atoms with Gasteiger partial charge in [0.25, 0.3) is 0 Å². The van der Waals surface area contributed by atoms with Gasteiger partial charge in [-0.25, -0.2) is 0 Å². The van der Waals surface area contributed by atoms with Crippen LogP contribution in [0.15, 0.2) is 0 Å². The monoisotopic (exact) mass is 863 g/mol. The van der Waals surface area contributed by atoms with Gasteiger partial charge in [0.05, 0.1) is 0 Å². The van der Waals surface area contributed by atoms with Gasteiger partial charge in [-0.05, 0) is 31.1 Å². The molecule has 0 aromatic heterocycles. The van der Waals surface area contributed by atoms with Gasteiger partial charge >= 0.3 is 17.9 Å². The summed E-state index contributed by atoms with van der Waals surface area (Å²) in [4.78, 5) is 38.0. The van der Waals surface area contributed by atoms with E-state index in [1.807, 2.05) is 0 Å². The lowest BCUT2D eigenvalue weighted by Crippen LogP contribution is -2.30. The number of carbonyl (C=O) groups is 3. The number of ether oxygens (including phenoxy) is 3. The molecule has 0 aliphatic carbocycles. The van der Waals surface area contributed by atoms with Crippen molar-refractivity contribution in [2.75, 3.05) is 13.2 Å². The van der Waals surface area contributed by atoms with Crippen molar-refractivity contribution in [3.63, 3.8) is 0 Å². The van der Waals surface area contributed by atoms with Crippen LogP contribution in [0.4, 0.5) is 0 Å². The largest absolute Gasteiger partial charge is 0.462 e. The van der Waals surface area contributed by atoms with E-state index >= 15 is 0 Å². The molecule has 0 aliphatic rings. The van der Waals surface area contributed by atoms with Crippen LogP contribution >= 0.6 is 0 Å². The minimum atomic E-state index is -0.762. The van der Waals surface area contributed by atoms with Crippen LogP contribution in [0.2, 0.25) is 0 Å². The highest BCUT2D eigenvalue weighted by atomic mass is 16.6. The van der Waals surface area contributed by atoms with E-state index in [0.29, 0.717) is 19.3 Å². The average molecular weight is 863 g/mol. The molecule has 0 unspecified atom stereocenters. The fraction of sp³-hybridized carbons (Fsp3) is 0.945. The van der Waals surface area contributed by atoms with Gasteiger partial charge in [0.2, 0.25) is 0 Å². The number of carbonyl (C=O) groups excluding carboxylic acids is 3. The van der Waals surface area contributed by atoms with E-state index in [-0.39, 0.29) is 31.1 Å². The number of hydrogen-bond donors (Lipinski definition) is 0. The summed E-state index contributed by atoms with van der Waals surface area (Å²) >= 11 is 0. The Kier molecular flexibility index (Phi) is 46.6. The fourth-order valence-electron chi connectivity index (χ4n) is 8.34. The lowest BCUT2D eigenvalue weighted by molar-refractivity contribution is -0.167. The van der Waals surface area contributed by atoms with Gasteiger partial charge in [0, 0.05) is 19.3 Å². The van der Waals surface area contributed by atoms with E-state index in [1.165, 1.54) is 193 Å². The van der Waals surface area contributed by atoms with Gasteiger partial charge in [0.1, 0.15) is 13.2 Å². The highest BCUT2D eigenvalue weighted by Crippen LogP contribution is 2.18. The first kappa shape index (κ1) is 59.4. The first-order valence-corrected chi connectivity index (χ1v) is 27.2. The molecule has 0 aromatic rings. The number of esters is 3. The molecule has 0 fully saturated rings. The maximum Gasteiger partial charge on any atom is 0.306 e. The molecular weight excluding hydrogens is 757 g/mol. The third-order valence-electron chi connectivity index (χ3n) is 12.5. The standard InChI is InChI=1S/C55H106O6/c1-6-7-8-9-10-11-12-13-14-15-16-17-20-26-32-37-42-47-55(58)61-52(49-60-54(57)46-41-36-31-27-22-24-29-34-39-44-51(4)5)48-59-53(56)45-40-35-30-25-21-18-19-23-28-33-38-43-50(2)3/h50-52H,6-49H2,1-5H3/t52-/m1/s1. The van der Waals surface area contributed by atoms with Gasteiger partial charge in [-0.3, -0.25) is 14.4 Å². The summed E-state index contributed by atoms with van der Waals surface area (Å²) in [7, 11) is 0. The number of unbranched alkanes of at least 4 members (excludes halogenated alkanes) is 34. The Morgan fingerprint density at radius 2 is 0.541 bits per heavy atom. The molecule has 0 aromatic carbocycles. The predicted molar refractivity (Wildman–Crippen MR) is 261 cm³/mol. The van der Waals surface area contributed by atoms with Crippen molar-refractivity contribution in [3.8, 4) is 0 Å². The zero-order valence-electron chi connectivity index (χ0n) is 41.8. The van der Waals surface area contributed by atoms with Crippen LogP contribution in [-0.4, -0.2) is 37.2 Å². The first-order chi connectivity index (χ1) is 29.7. The number of rotatable bonds is 49. The van der Waals surface area contributed by atoms with E-state index in [0.717, 1.165) is 69.6 Å². The lowest BCUT2D eigenvalue weighted by atomic mass is 10.0. The van der Waals surface area contributed by atoms with Gasteiger partial charge in [0.15, 0.2) is 6.10 Å². The quantitative estimate of drug-likeness (QED) is 0.0344. The van der Waals surface area contributed by atoms with Crippen molar-refractivity contribution in [2.24, 2.45) is 11.8 Å². The molecule has 0 aliphatic heterocycles. The predicted octanol–water partition coefficient (Wildman–Crippen LogP) is 17.7. The Bertz CT molecular complexity index is 931. The molecular formula is C55H106O6. The SMILES string of the molecule is CCCCCCCCCCCCCCCCCCCC(=O)O[C@H](COC(=O)CCCCCCCCCCCCCC(C)C)COC(=O)CCCCCCCCCCCC(C)C. The van der Waals surface area contributed by atoms with Crippen molar-refractivity contribution < 1.29 is 28.6 Å². The van der Waals surface area contributed by atoms with Crippen molar-refractivity contribution in [3.05, 3.63) is 0 Å². The molecule has 0 rings (SSSR count). The summed E-state index contributed by atoms with van der Waals surface area (Å²) in [6, 6.07) is 0. The van der Waals surface area contributed by atoms with Gasteiger partial charge < -0.3 is 14.2 Å². The molecule has 6 nitrogen and oxygen atoms in total. The molecule has 1 atom stereocenters. The van der Waals surface area contributed by atoms with E-state index in [2.05, 4.69) is 34.6 Å². The minimum Gasteiger partial charge on any atom is -0.462 e. The van der Waals surface area contributed by atoms with Crippen LogP contribution in [-0.2, 0) is 28.6 Å². The second-order valence-corrected chi connectivity index (χ2v) is 19.8. The molecule has 362 valence electrons. The molecule has 0 saturated carbocycles. The second kappa shape index (κ2) is 47.9. The summed E-state index contributed by atoms with van der Waals surface area (Å²) in [6.45, 7) is 11.4. The highest BCUT2D eigenvalue weighted by Gasteiger charge is 2.19. The summed E-state index contributed by atoms with van der Waals surface area (Å²) < 4.78 is 16.8. The van der Waals surface area contributed by atoms with Crippen LogP contribution < -0.4 is 0 Å². The molecule has 0 heterocycles. The maximum absolute atomic E-state index is 12.8.